The van der Waals surface area contributed by atoms with Gasteiger partial charge in [0.05, 0.1) is 0 Å². The Morgan fingerprint density at radius 1 is 0.367 bits per heavy atom. The van der Waals surface area contributed by atoms with Crippen molar-refractivity contribution in [1.82, 2.24) is 0 Å². The minimum Gasteiger partial charge on any atom is -0.456 e. The topological polar surface area (TPSA) is 13.1 Å². The van der Waals surface area contributed by atoms with Crippen LogP contribution in [0.25, 0.3) is 86.0 Å². The first-order valence-corrected chi connectivity index (χ1v) is 18.2. The largest absolute Gasteiger partial charge is 0.456 e. The summed E-state index contributed by atoms with van der Waals surface area (Å²) in [5, 5.41) is 2.56. The minimum absolute atomic E-state index is 0.858. The van der Waals surface area contributed by atoms with Crippen molar-refractivity contribution in [3.63, 3.8) is 0 Å². The predicted molar refractivity (Wildman–Crippen MR) is 212 cm³/mol. The molecule has 49 heavy (non-hydrogen) atoms. The lowest BCUT2D eigenvalue weighted by Crippen LogP contribution is -1.87. The van der Waals surface area contributed by atoms with Crippen molar-refractivity contribution in [3.8, 4) is 65.8 Å². The summed E-state index contributed by atoms with van der Waals surface area (Å²) in [7, 11) is 0. The third-order valence-corrected chi connectivity index (χ3v) is 11.7. The Morgan fingerprint density at radius 3 is 1.20 bits per heavy atom. The lowest BCUT2D eigenvalue weighted by atomic mass is 9.94. The Balaban J connectivity index is 1.16. The number of hydrogen-bond donors (Lipinski definition) is 0. The first-order valence-electron chi connectivity index (χ1n) is 16.6. The molecule has 0 atom stereocenters. The molecule has 0 spiro atoms. The Bertz CT molecular complexity index is 2360. The smallest absolute Gasteiger partial charge is 0.135 e. The fraction of sp³-hybridized carbons (Fsp3) is 0.0435. The summed E-state index contributed by atoms with van der Waals surface area (Å²) in [4.78, 5) is 2.53. The van der Waals surface area contributed by atoms with Crippen LogP contribution in [0.5, 0.6) is 0 Å². The SMILES string of the molecule is Cc1ccc(-c2cc(-c3cc4ccccc4s3)ccc2-c2ccc(-c3ccc(-c4cc5ccccc5s4)cc3-c3ccc(C)cc3)o2)cc1. The molecule has 0 unspecified atom stereocenters. The van der Waals surface area contributed by atoms with Crippen molar-refractivity contribution in [2.24, 2.45) is 0 Å². The minimum atomic E-state index is 0.858. The van der Waals surface area contributed by atoms with Gasteiger partial charge >= 0.3 is 0 Å². The molecule has 3 heterocycles. The molecule has 0 bridgehead atoms. The van der Waals surface area contributed by atoms with Crippen LogP contribution in [0.3, 0.4) is 0 Å². The molecule has 9 aromatic rings. The first kappa shape index (κ1) is 29.6. The molecule has 0 saturated heterocycles. The first-order chi connectivity index (χ1) is 24.1. The van der Waals surface area contributed by atoms with E-state index in [2.05, 4.69) is 172 Å². The summed E-state index contributed by atoms with van der Waals surface area (Å²) in [6.45, 7) is 4.27. The average molecular weight is 665 g/mol. The second-order valence-corrected chi connectivity index (χ2v) is 14.9. The van der Waals surface area contributed by atoms with E-state index >= 15 is 0 Å². The molecule has 234 valence electrons. The average Bonchev–Trinajstić information content (AvgIpc) is 3.91. The van der Waals surface area contributed by atoms with Crippen LogP contribution < -0.4 is 0 Å². The van der Waals surface area contributed by atoms with E-state index in [-0.39, 0.29) is 0 Å². The third kappa shape index (κ3) is 5.61. The maximum absolute atomic E-state index is 6.82. The van der Waals surface area contributed by atoms with E-state index in [1.54, 1.807) is 0 Å². The molecule has 0 fully saturated rings. The van der Waals surface area contributed by atoms with Gasteiger partial charge in [0.25, 0.3) is 0 Å². The van der Waals surface area contributed by atoms with E-state index in [1.165, 1.54) is 63.3 Å². The molecular weight excluding hydrogens is 633 g/mol. The standard InChI is InChI=1S/C46H32OS2/c1-29-11-15-31(16-12-29)39-25-35(45-27-33-7-3-5-9-43(33)48-45)19-21-37(39)41-23-24-42(47-41)38-22-20-36(26-40(38)32-17-13-30(2)14-18-32)46-28-34-8-4-6-10-44(34)49-46/h3-28H,1-2H3. The van der Waals surface area contributed by atoms with Gasteiger partial charge in [-0.1, -0.05) is 108 Å². The second kappa shape index (κ2) is 12.2. The lowest BCUT2D eigenvalue weighted by molar-refractivity contribution is 0.598. The van der Waals surface area contributed by atoms with Crippen molar-refractivity contribution >= 4 is 42.8 Å². The summed E-state index contributed by atoms with van der Waals surface area (Å²) >= 11 is 3.68. The second-order valence-electron chi connectivity index (χ2n) is 12.7. The summed E-state index contributed by atoms with van der Waals surface area (Å²) in [5.74, 6) is 1.72. The van der Waals surface area contributed by atoms with E-state index in [1.807, 2.05) is 22.7 Å². The van der Waals surface area contributed by atoms with Crippen molar-refractivity contribution in [2.45, 2.75) is 13.8 Å². The van der Waals surface area contributed by atoms with Gasteiger partial charge in [0.15, 0.2) is 0 Å². The number of thiophene rings is 2. The maximum Gasteiger partial charge on any atom is 0.135 e. The summed E-state index contributed by atoms with van der Waals surface area (Å²) in [6, 6.07) is 57.2. The number of fused-ring (bicyclic) bond motifs is 2. The zero-order valence-corrected chi connectivity index (χ0v) is 28.9. The lowest BCUT2D eigenvalue weighted by Gasteiger charge is -2.12. The van der Waals surface area contributed by atoms with Gasteiger partial charge in [-0.25, -0.2) is 0 Å². The van der Waals surface area contributed by atoms with Crippen LogP contribution in [0.2, 0.25) is 0 Å². The van der Waals surface area contributed by atoms with Crippen molar-refractivity contribution in [2.75, 3.05) is 0 Å². The Hall–Kier alpha value is -5.48. The van der Waals surface area contributed by atoms with Crippen LogP contribution in [-0.2, 0) is 0 Å². The molecular formula is C46H32OS2. The van der Waals surface area contributed by atoms with E-state index in [4.69, 9.17) is 4.42 Å². The molecule has 3 heteroatoms. The van der Waals surface area contributed by atoms with Crippen LogP contribution in [0, 0.1) is 13.8 Å². The van der Waals surface area contributed by atoms with E-state index in [0.29, 0.717) is 0 Å². The normalized spacial score (nSPS) is 11.5. The number of benzene rings is 6. The summed E-state index contributed by atoms with van der Waals surface area (Å²) in [5.41, 5.74) is 11.8. The highest BCUT2D eigenvalue weighted by Crippen LogP contribution is 2.43. The van der Waals surface area contributed by atoms with Gasteiger partial charge in [0.1, 0.15) is 11.5 Å². The van der Waals surface area contributed by atoms with Crippen LogP contribution in [0.15, 0.2) is 162 Å². The highest BCUT2D eigenvalue weighted by Gasteiger charge is 2.18. The van der Waals surface area contributed by atoms with E-state index < -0.39 is 0 Å². The summed E-state index contributed by atoms with van der Waals surface area (Å²) in [6.07, 6.45) is 0. The number of furan rings is 1. The van der Waals surface area contributed by atoms with Crippen LogP contribution in [0.1, 0.15) is 11.1 Å². The third-order valence-electron chi connectivity index (χ3n) is 9.32. The number of hydrogen-bond acceptors (Lipinski definition) is 3. The predicted octanol–water partition coefficient (Wildman–Crippen LogP) is 14.3. The van der Waals surface area contributed by atoms with Gasteiger partial charge in [-0.3, -0.25) is 0 Å². The Morgan fingerprint density at radius 2 is 0.776 bits per heavy atom. The highest BCUT2D eigenvalue weighted by molar-refractivity contribution is 7.22. The highest BCUT2D eigenvalue weighted by atomic mass is 32.1. The van der Waals surface area contributed by atoms with Crippen molar-refractivity contribution < 1.29 is 4.42 Å². The fourth-order valence-corrected chi connectivity index (χ4v) is 8.76. The molecule has 0 aliphatic rings. The summed E-state index contributed by atoms with van der Waals surface area (Å²) < 4.78 is 9.43. The van der Waals surface area contributed by atoms with Gasteiger partial charge in [0.2, 0.25) is 0 Å². The molecule has 3 aromatic heterocycles. The monoisotopic (exact) mass is 664 g/mol. The zero-order chi connectivity index (χ0) is 32.9. The van der Waals surface area contributed by atoms with Gasteiger partial charge < -0.3 is 4.42 Å². The molecule has 0 saturated carbocycles. The molecule has 0 aliphatic heterocycles. The van der Waals surface area contributed by atoms with Crippen LogP contribution >= 0.6 is 22.7 Å². The number of aryl methyl sites for hydroxylation is 2. The van der Waals surface area contributed by atoms with Crippen LogP contribution in [0.4, 0.5) is 0 Å². The van der Waals surface area contributed by atoms with E-state index in [0.717, 1.165) is 33.8 Å². The molecule has 0 radical (unpaired) electrons. The number of rotatable bonds is 6. The molecule has 6 aromatic carbocycles. The molecule has 0 aliphatic carbocycles. The molecule has 9 rings (SSSR count). The van der Waals surface area contributed by atoms with Crippen molar-refractivity contribution in [1.29, 1.82) is 0 Å². The van der Waals surface area contributed by atoms with Gasteiger partial charge in [-0.05, 0) is 119 Å². The van der Waals surface area contributed by atoms with E-state index in [9.17, 15) is 0 Å². The molecule has 0 N–H and O–H groups in total. The van der Waals surface area contributed by atoms with Crippen LogP contribution in [-0.4, -0.2) is 0 Å². The van der Waals surface area contributed by atoms with Gasteiger partial charge in [-0.15, -0.1) is 22.7 Å². The van der Waals surface area contributed by atoms with Gasteiger partial charge in [-0.2, -0.15) is 0 Å². The zero-order valence-electron chi connectivity index (χ0n) is 27.2. The maximum atomic E-state index is 6.82. The molecule has 0 amide bonds. The quantitative estimate of drug-likeness (QED) is 0.172. The van der Waals surface area contributed by atoms with Gasteiger partial charge in [0, 0.05) is 30.3 Å². The van der Waals surface area contributed by atoms with Crippen molar-refractivity contribution in [3.05, 3.63) is 169 Å². The Labute approximate surface area is 294 Å². The molecule has 1 nitrogen and oxygen atoms in total. The Kier molecular flexibility index (Phi) is 7.38. The fourth-order valence-electron chi connectivity index (χ4n) is 6.64.